The summed E-state index contributed by atoms with van der Waals surface area (Å²) in [7, 11) is 0. The molecule has 2 fully saturated rings. The molecule has 0 aromatic heterocycles. The number of carbonyl (C=O) groups is 1. The Labute approximate surface area is 162 Å². The van der Waals surface area contributed by atoms with Crippen molar-refractivity contribution in [2.45, 2.75) is 58.0 Å². The molecule has 1 heterocycles. The van der Waals surface area contributed by atoms with Crippen LogP contribution < -0.4 is 5.32 Å². The Hall–Kier alpha value is -1.26. The zero-order valence-corrected chi connectivity index (χ0v) is 16.8. The summed E-state index contributed by atoms with van der Waals surface area (Å²) >= 11 is 6.06. The van der Waals surface area contributed by atoms with Gasteiger partial charge in [-0.05, 0) is 57.2 Å². The van der Waals surface area contributed by atoms with E-state index in [-0.39, 0.29) is 5.92 Å². The van der Waals surface area contributed by atoms with Crippen LogP contribution in [0.1, 0.15) is 46.0 Å². The van der Waals surface area contributed by atoms with Crippen LogP contribution in [-0.2, 0) is 4.79 Å². The van der Waals surface area contributed by atoms with Gasteiger partial charge < -0.3 is 10.2 Å². The van der Waals surface area contributed by atoms with Crippen molar-refractivity contribution in [1.29, 1.82) is 0 Å². The molecule has 1 N–H and O–H groups in total. The zero-order valence-electron chi connectivity index (χ0n) is 16.1. The molecule has 0 radical (unpaired) electrons. The number of amides is 1. The smallest absolute Gasteiger partial charge is 0.225 e. The van der Waals surface area contributed by atoms with Crippen LogP contribution in [0.15, 0.2) is 24.3 Å². The van der Waals surface area contributed by atoms with Gasteiger partial charge in [0.2, 0.25) is 5.91 Å². The van der Waals surface area contributed by atoms with Crippen molar-refractivity contribution in [3.8, 4) is 0 Å². The van der Waals surface area contributed by atoms with Gasteiger partial charge in [0.1, 0.15) is 0 Å². The predicted octanol–water partition coefficient (Wildman–Crippen LogP) is 4.25. The summed E-state index contributed by atoms with van der Waals surface area (Å²) in [5.41, 5.74) is 1.08. The SMILES string of the molecule is CCC(C)N1CCN(C(=O)[C@H]2CC[C@@H](Nc3cccc(Cl)c3)CC2)CC1. The minimum atomic E-state index is 0.211. The van der Waals surface area contributed by atoms with Crippen molar-refractivity contribution in [2.75, 3.05) is 31.5 Å². The number of nitrogens with zero attached hydrogens (tertiary/aromatic N) is 2. The van der Waals surface area contributed by atoms with Crippen LogP contribution >= 0.6 is 11.6 Å². The summed E-state index contributed by atoms with van der Waals surface area (Å²) in [5.74, 6) is 0.595. The number of piperazine rings is 1. The van der Waals surface area contributed by atoms with Gasteiger partial charge in [0.25, 0.3) is 0 Å². The van der Waals surface area contributed by atoms with Crippen molar-refractivity contribution >= 4 is 23.2 Å². The Balaban J connectivity index is 1.44. The number of nitrogens with one attached hydrogen (secondary N) is 1. The highest BCUT2D eigenvalue weighted by Gasteiger charge is 2.31. The van der Waals surface area contributed by atoms with Crippen LogP contribution in [0, 0.1) is 5.92 Å². The summed E-state index contributed by atoms with van der Waals surface area (Å²) in [6, 6.07) is 8.96. The maximum absolute atomic E-state index is 12.9. The van der Waals surface area contributed by atoms with Crippen LogP contribution in [0.4, 0.5) is 5.69 Å². The third-order valence-electron chi connectivity index (χ3n) is 6.11. The van der Waals surface area contributed by atoms with Gasteiger partial charge in [0, 0.05) is 54.9 Å². The molecule has 3 rings (SSSR count). The molecule has 1 aliphatic carbocycles. The van der Waals surface area contributed by atoms with E-state index in [2.05, 4.69) is 35.0 Å². The van der Waals surface area contributed by atoms with E-state index < -0.39 is 0 Å². The van der Waals surface area contributed by atoms with Crippen LogP contribution in [0.25, 0.3) is 0 Å². The highest BCUT2D eigenvalue weighted by atomic mass is 35.5. The maximum atomic E-state index is 12.9. The van der Waals surface area contributed by atoms with Crippen LogP contribution in [0.5, 0.6) is 0 Å². The van der Waals surface area contributed by atoms with Gasteiger partial charge in [-0.25, -0.2) is 0 Å². The Morgan fingerprint density at radius 1 is 1.19 bits per heavy atom. The summed E-state index contributed by atoms with van der Waals surface area (Å²) in [4.78, 5) is 17.5. The Kier molecular flexibility index (Phi) is 6.82. The molecule has 4 nitrogen and oxygen atoms in total. The zero-order chi connectivity index (χ0) is 18.5. The average Bonchev–Trinajstić information content (AvgIpc) is 2.67. The summed E-state index contributed by atoms with van der Waals surface area (Å²) < 4.78 is 0. The van der Waals surface area contributed by atoms with Gasteiger partial charge in [-0.1, -0.05) is 24.6 Å². The van der Waals surface area contributed by atoms with E-state index >= 15 is 0 Å². The van der Waals surface area contributed by atoms with E-state index in [1.807, 2.05) is 18.2 Å². The van der Waals surface area contributed by atoms with Crippen LogP contribution in [0.2, 0.25) is 5.02 Å². The first-order chi connectivity index (χ1) is 12.6. The first-order valence-electron chi connectivity index (χ1n) is 10.1. The van der Waals surface area contributed by atoms with Gasteiger partial charge >= 0.3 is 0 Å². The van der Waals surface area contributed by atoms with Crippen LogP contribution in [-0.4, -0.2) is 54.0 Å². The van der Waals surface area contributed by atoms with E-state index in [1.54, 1.807) is 0 Å². The van der Waals surface area contributed by atoms with Crippen molar-refractivity contribution in [3.05, 3.63) is 29.3 Å². The molecule has 1 atom stereocenters. The standard InChI is InChI=1S/C21H32ClN3O/c1-3-16(2)24-11-13-25(14-12-24)21(26)17-7-9-19(10-8-17)23-20-6-4-5-18(22)15-20/h4-6,15-17,19,23H,3,7-14H2,1-2H3/t16?,17-,19+. The molecule has 5 heteroatoms. The Bertz CT molecular complexity index is 593. The molecule has 1 aromatic rings. The van der Waals surface area contributed by atoms with E-state index in [1.165, 1.54) is 6.42 Å². The molecular formula is C21H32ClN3O. The molecule has 2 aliphatic rings. The molecule has 1 saturated heterocycles. The highest BCUT2D eigenvalue weighted by Crippen LogP contribution is 2.29. The first kappa shape index (κ1) is 19.5. The van der Waals surface area contributed by atoms with Gasteiger partial charge in [-0.15, -0.1) is 0 Å². The highest BCUT2D eigenvalue weighted by molar-refractivity contribution is 6.30. The quantitative estimate of drug-likeness (QED) is 0.833. The molecular weight excluding hydrogens is 346 g/mol. The first-order valence-corrected chi connectivity index (χ1v) is 10.5. The number of hydrogen-bond donors (Lipinski definition) is 1. The summed E-state index contributed by atoms with van der Waals surface area (Å²) in [6.45, 7) is 8.34. The fourth-order valence-corrected chi connectivity index (χ4v) is 4.39. The second-order valence-corrected chi connectivity index (χ2v) is 8.26. The van der Waals surface area contributed by atoms with Crippen molar-refractivity contribution < 1.29 is 4.79 Å². The molecule has 1 amide bonds. The van der Waals surface area contributed by atoms with E-state index in [0.717, 1.165) is 62.6 Å². The second-order valence-electron chi connectivity index (χ2n) is 7.82. The minimum absolute atomic E-state index is 0.211. The lowest BCUT2D eigenvalue weighted by molar-refractivity contribution is -0.138. The maximum Gasteiger partial charge on any atom is 0.225 e. The van der Waals surface area contributed by atoms with Crippen molar-refractivity contribution in [2.24, 2.45) is 5.92 Å². The molecule has 1 aromatic carbocycles. The fraction of sp³-hybridized carbons (Fsp3) is 0.667. The van der Waals surface area contributed by atoms with Crippen molar-refractivity contribution in [3.63, 3.8) is 0 Å². The largest absolute Gasteiger partial charge is 0.382 e. The monoisotopic (exact) mass is 377 g/mol. The van der Waals surface area contributed by atoms with Gasteiger partial charge in [-0.2, -0.15) is 0 Å². The Morgan fingerprint density at radius 2 is 1.88 bits per heavy atom. The Morgan fingerprint density at radius 3 is 2.50 bits per heavy atom. The third-order valence-corrected chi connectivity index (χ3v) is 6.35. The number of carbonyl (C=O) groups excluding carboxylic acids is 1. The number of anilines is 1. The lowest BCUT2D eigenvalue weighted by atomic mass is 9.85. The molecule has 1 aliphatic heterocycles. The fourth-order valence-electron chi connectivity index (χ4n) is 4.20. The molecule has 1 unspecified atom stereocenters. The molecule has 26 heavy (non-hydrogen) atoms. The topological polar surface area (TPSA) is 35.6 Å². The van der Waals surface area contributed by atoms with Crippen molar-refractivity contribution in [1.82, 2.24) is 9.80 Å². The normalized spacial score (nSPS) is 25.7. The van der Waals surface area contributed by atoms with E-state index in [0.29, 0.717) is 18.0 Å². The number of rotatable bonds is 5. The number of hydrogen-bond acceptors (Lipinski definition) is 3. The van der Waals surface area contributed by atoms with Gasteiger partial charge in [0.15, 0.2) is 0 Å². The predicted molar refractivity (Wildman–Crippen MR) is 109 cm³/mol. The molecule has 0 bridgehead atoms. The lowest BCUT2D eigenvalue weighted by Gasteiger charge is -2.40. The average molecular weight is 378 g/mol. The minimum Gasteiger partial charge on any atom is -0.382 e. The molecule has 0 spiro atoms. The molecule has 1 saturated carbocycles. The molecule has 144 valence electrons. The van der Waals surface area contributed by atoms with Gasteiger partial charge in [0.05, 0.1) is 0 Å². The van der Waals surface area contributed by atoms with E-state index in [4.69, 9.17) is 11.6 Å². The number of benzene rings is 1. The van der Waals surface area contributed by atoms with Crippen LogP contribution in [0.3, 0.4) is 0 Å². The lowest BCUT2D eigenvalue weighted by Crippen LogP contribution is -2.52. The van der Waals surface area contributed by atoms with E-state index in [9.17, 15) is 4.79 Å². The van der Waals surface area contributed by atoms with Gasteiger partial charge in [-0.3, -0.25) is 9.69 Å². The third kappa shape index (κ3) is 4.92. The number of halogens is 1. The second kappa shape index (κ2) is 9.09. The summed E-state index contributed by atoms with van der Waals surface area (Å²) in [6.07, 6.45) is 5.26. The summed E-state index contributed by atoms with van der Waals surface area (Å²) in [5, 5.41) is 4.33.